The molecule has 14 heavy (non-hydrogen) atoms. The predicted molar refractivity (Wildman–Crippen MR) is 54.7 cm³/mol. The number of hydrogen-bond acceptors (Lipinski definition) is 3. The average Bonchev–Trinajstić information content (AvgIpc) is 2.18. The fraction of sp³-hybridized carbons (Fsp3) is 0.182. The highest BCUT2D eigenvalue weighted by molar-refractivity contribution is 5.88. The van der Waals surface area contributed by atoms with Crippen molar-refractivity contribution in [2.45, 2.75) is 6.92 Å². The lowest BCUT2D eigenvalue weighted by Gasteiger charge is -2.06. The van der Waals surface area contributed by atoms with Gasteiger partial charge in [-0.05, 0) is 24.6 Å². The first-order chi connectivity index (χ1) is 6.72. The summed E-state index contributed by atoms with van der Waals surface area (Å²) < 4.78 is 5.19. The Bertz CT molecular complexity index is 480. The van der Waals surface area contributed by atoms with Gasteiger partial charge in [-0.15, -0.1) is 0 Å². The van der Waals surface area contributed by atoms with Crippen molar-refractivity contribution in [3.63, 3.8) is 0 Å². The maximum absolute atomic E-state index is 9.32. The Balaban J connectivity index is 2.85. The van der Waals surface area contributed by atoms with E-state index in [4.69, 9.17) is 4.74 Å². The van der Waals surface area contributed by atoms with E-state index in [1.807, 2.05) is 19.1 Å². The number of benzene rings is 1. The van der Waals surface area contributed by atoms with Crippen LogP contribution in [0.4, 0.5) is 0 Å². The number of nitrogens with zero attached hydrogens (tertiary/aromatic N) is 1. The topological polar surface area (TPSA) is 42.4 Å². The molecule has 1 heterocycles. The minimum absolute atomic E-state index is 0.154. The summed E-state index contributed by atoms with van der Waals surface area (Å²) >= 11 is 0. The van der Waals surface area contributed by atoms with Crippen molar-refractivity contribution < 1.29 is 9.84 Å². The SMILES string of the molecule is COc1ccc(C)c2ncc(O)cc12. The third kappa shape index (κ3) is 1.27. The Morgan fingerprint density at radius 2 is 2.14 bits per heavy atom. The van der Waals surface area contributed by atoms with Crippen LogP contribution in [0.5, 0.6) is 11.5 Å². The molecular formula is C11H11NO2. The van der Waals surface area contributed by atoms with Gasteiger partial charge in [0.05, 0.1) is 18.8 Å². The summed E-state index contributed by atoms with van der Waals surface area (Å²) in [6.45, 7) is 1.98. The van der Waals surface area contributed by atoms with Crippen LogP contribution < -0.4 is 4.74 Å². The van der Waals surface area contributed by atoms with Crippen molar-refractivity contribution in [3.8, 4) is 11.5 Å². The van der Waals surface area contributed by atoms with E-state index >= 15 is 0 Å². The van der Waals surface area contributed by atoms with Crippen LogP contribution in [0, 0.1) is 6.92 Å². The van der Waals surface area contributed by atoms with Gasteiger partial charge in [0.25, 0.3) is 0 Å². The summed E-state index contributed by atoms with van der Waals surface area (Å²) in [4.78, 5) is 4.16. The highest BCUT2D eigenvalue weighted by atomic mass is 16.5. The minimum atomic E-state index is 0.154. The first-order valence-electron chi connectivity index (χ1n) is 4.34. The number of aromatic nitrogens is 1. The van der Waals surface area contributed by atoms with E-state index in [0.717, 1.165) is 22.2 Å². The largest absolute Gasteiger partial charge is 0.506 e. The number of fused-ring (bicyclic) bond motifs is 1. The monoisotopic (exact) mass is 189 g/mol. The molecule has 2 aromatic rings. The quantitative estimate of drug-likeness (QED) is 0.748. The van der Waals surface area contributed by atoms with Crippen LogP contribution in [0.2, 0.25) is 0 Å². The number of hydrogen-bond donors (Lipinski definition) is 1. The van der Waals surface area contributed by atoms with Gasteiger partial charge in [0, 0.05) is 5.39 Å². The molecule has 3 nitrogen and oxygen atoms in total. The van der Waals surface area contributed by atoms with Gasteiger partial charge >= 0.3 is 0 Å². The van der Waals surface area contributed by atoms with Crippen molar-refractivity contribution in [2.75, 3.05) is 7.11 Å². The molecule has 0 bridgehead atoms. The lowest BCUT2D eigenvalue weighted by Crippen LogP contribution is -1.88. The molecule has 0 atom stereocenters. The van der Waals surface area contributed by atoms with Gasteiger partial charge < -0.3 is 9.84 Å². The molecule has 0 aliphatic carbocycles. The average molecular weight is 189 g/mol. The number of aryl methyl sites for hydroxylation is 1. The van der Waals surface area contributed by atoms with E-state index in [1.54, 1.807) is 13.2 Å². The van der Waals surface area contributed by atoms with Crippen molar-refractivity contribution >= 4 is 10.9 Å². The first kappa shape index (κ1) is 8.81. The van der Waals surface area contributed by atoms with Crippen LogP contribution >= 0.6 is 0 Å². The standard InChI is InChI=1S/C11H11NO2/c1-7-3-4-10(14-2)9-5-8(13)6-12-11(7)9/h3-6,13H,1-2H3. The molecule has 2 rings (SSSR count). The Morgan fingerprint density at radius 3 is 2.86 bits per heavy atom. The van der Waals surface area contributed by atoms with Crippen molar-refractivity contribution in [2.24, 2.45) is 0 Å². The molecule has 72 valence electrons. The summed E-state index contributed by atoms with van der Waals surface area (Å²) in [5, 5.41) is 10.2. The Labute approximate surface area is 82.0 Å². The third-order valence-electron chi connectivity index (χ3n) is 2.22. The summed E-state index contributed by atoms with van der Waals surface area (Å²) in [6, 6.07) is 5.48. The molecule has 0 unspecified atom stereocenters. The van der Waals surface area contributed by atoms with E-state index in [0.29, 0.717) is 0 Å². The van der Waals surface area contributed by atoms with Gasteiger partial charge in [0.15, 0.2) is 0 Å². The molecule has 0 aliphatic heterocycles. The maximum Gasteiger partial charge on any atom is 0.134 e. The van der Waals surface area contributed by atoms with E-state index in [2.05, 4.69) is 4.98 Å². The van der Waals surface area contributed by atoms with E-state index in [9.17, 15) is 5.11 Å². The molecule has 0 aliphatic rings. The summed E-state index contributed by atoms with van der Waals surface area (Å²) in [6.07, 6.45) is 1.44. The highest BCUT2D eigenvalue weighted by Gasteiger charge is 2.05. The predicted octanol–water partition coefficient (Wildman–Crippen LogP) is 2.26. The normalized spacial score (nSPS) is 10.4. The third-order valence-corrected chi connectivity index (χ3v) is 2.22. The van der Waals surface area contributed by atoms with Crippen LogP contribution in [0.3, 0.4) is 0 Å². The zero-order chi connectivity index (χ0) is 10.1. The molecule has 1 N–H and O–H groups in total. The molecule has 0 amide bonds. The molecule has 0 spiro atoms. The number of methoxy groups -OCH3 is 1. The van der Waals surface area contributed by atoms with Crippen LogP contribution in [-0.4, -0.2) is 17.2 Å². The van der Waals surface area contributed by atoms with Gasteiger partial charge in [-0.25, -0.2) is 0 Å². The molecule has 0 saturated heterocycles. The molecule has 1 aromatic heterocycles. The summed E-state index contributed by atoms with van der Waals surface area (Å²) in [5.41, 5.74) is 1.93. The summed E-state index contributed by atoms with van der Waals surface area (Å²) in [7, 11) is 1.61. The molecule has 1 aromatic carbocycles. The fourth-order valence-corrected chi connectivity index (χ4v) is 1.50. The van der Waals surface area contributed by atoms with Crippen LogP contribution in [0.1, 0.15) is 5.56 Å². The Hall–Kier alpha value is -1.77. The second kappa shape index (κ2) is 3.18. The lowest BCUT2D eigenvalue weighted by atomic mass is 10.1. The molecule has 0 radical (unpaired) electrons. The Morgan fingerprint density at radius 1 is 1.36 bits per heavy atom. The van der Waals surface area contributed by atoms with Gasteiger partial charge in [-0.2, -0.15) is 0 Å². The van der Waals surface area contributed by atoms with E-state index < -0.39 is 0 Å². The fourth-order valence-electron chi connectivity index (χ4n) is 1.50. The zero-order valence-corrected chi connectivity index (χ0v) is 8.11. The maximum atomic E-state index is 9.32. The number of aromatic hydroxyl groups is 1. The molecule has 3 heteroatoms. The van der Waals surface area contributed by atoms with Crippen molar-refractivity contribution in [3.05, 3.63) is 30.0 Å². The van der Waals surface area contributed by atoms with E-state index in [-0.39, 0.29) is 5.75 Å². The molecule has 0 saturated carbocycles. The first-order valence-corrected chi connectivity index (χ1v) is 4.34. The zero-order valence-electron chi connectivity index (χ0n) is 8.11. The molecular weight excluding hydrogens is 178 g/mol. The number of rotatable bonds is 1. The number of ether oxygens (including phenoxy) is 1. The molecule has 0 fully saturated rings. The van der Waals surface area contributed by atoms with Crippen LogP contribution in [0.25, 0.3) is 10.9 Å². The van der Waals surface area contributed by atoms with Crippen LogP contribution in [-0.2, 0) is 0 Å². The van der Waals surface area contributed by atoms with Crippen LogP contribution in [0.15, 0.2) is 24.4 Å². The number of pyridine rings is 1. The van der Waals surface area contributed by atoms with Gasteiger partial charge in [0.2, 0.25) is 0 Å². The van der Waals surface area contributed by atoms with Crippen molar-refractivity contribution in [1.82, 2.24) is 4.98 Å². The lowest BCUT2D eigenvalue weighted by molar-refractivity contribution is 0.419. The second-order valence-electron chi connectivity index (χ2n) is 3.17. The van der Waals surface area contributed by atoms with Gasteiger partial charge in [0.1, 0.15) is 11.5 Å². The van der Waals surface area contributed by atoms with Gasteiger partial charge in [-0.3, -0.25) is 4.98 Å². The highest BCUT2D eigenvalue weighted by Crippen LogP contribution is 2.28. The minimum Gasteiger partial charge on any atom is -0.506 e. The summed E-state index contributed by atoms with van der Waals surface area (Å²) in [5.74, 6) is 0.885. The smallest absolute Gasteiger partial charge is 0.134 e. The van der Waals surface area contributed by atoms with Crippen molar-refractivity contribution in [1.29, 1.82) is 0 Å². The Kier molecular flexibility index (Phi) is 2.00. The van der Waals surface area contributed by atoms with E-state index in [1.165, 1.54) is 6.20 Å². The second-order valence-corrected chi connectivity index (χ2v) is 3.17. The van der Waals surface area contributed by atoms with Gasteiger partial charge in [-0.1, -0.05) is 6.07 Å².